The number of halogens is 1. The van der Waals surface area contributed by atoms with E-state index in [1.165, 1.54) is 11.1 Å². The molecular formula is C16H14ClN3. The minimum atomic E-state index is 0.368. The zero-order chi connectivity index (χ0) is 14.1. The topological polar surface area (TPSA) is 30.7 Å². The minimum Gasteiger partial charge on any atom is -0.266 e. The molecule has 20 heavy (non-hydrogen) atoms. The Labute approximate surface area is 122 Å². The highest BCUT2D eigenvalue weighted by Crippen LogP contribution is 2.26. The SMILES string of the molecule is Cc1ccc(-n2c(Cl)nnc2-c2ccccc2)cc1C. The zero-order valence-electron chi connectivity index (χ0n) is 11.3. The summed E-state index contributed by atoms with van der Waals surface area (Å²) in [5.74, 6) is 0.749. The minimum absolute atomic E-state index is 0.368. The normalized spacial score (nSPS) is 10.8. The lowest BCUT2D eigenvalue weighted by Gasteiger charge is -2.10. The second-order valence-corrected chi connectivity index (χ2v) is 5.10. The first-order chi connectivity index (χ1) is 9.66. The van der Waals surface area contributed by atoms with Gasteiger partial charge in [-0.1, -0.05) is 36.4 Å². The van der Waals surface area contributed by atoms with E-state index in [2.05, 4.69) is 36.2 Å². The molecular weight excluding hydrogens is 270 g/mol. The maximum Gasteiger partial charge on any atom is 0.229 e. The summed E-state index contributed by atoms with van der Waals surface area (Å²) in [5, 5.41) is 8.56. The van der Waals surface area contributed by atoms with E-state index in [4.69, 9.17) is 11.6 Å². The standard InChI is InChI=1S/C16H14ClN3/c1-11-8-9-14(10-12(11)2)20-15(18-19-16(20)17)13-6-4-3-5-7-13/h3-10H,1-2H3. The maximum absolute atomic E-state index is 6.21. The Balaban J connectivity index is 2.19. The van der Waals surface area contributed by atoms with Gasteiger partial charge in [0, 0.05) is 5.56 Å². The van der Waals surface area contributed by atoms with Crippen LogP contribution in [0, 0.1) is 13.8 Å². The van der Waals surface area contributed by atoms with Crippen LogP contribution >= 0.6 is 11.6 Å². The molecule has 3 nitrogen and oxygen atoms in total. The summed E-state index contributed by atoms with van der Waals surface area (Å²) >= 11 is 6.21. The van der Waals surface area contributed by atoms with Gasteiger partial charge in [0.1, 0.15) is 0 Å². The van der Waals surface area contributed by atoms with E-state index in [1.54, 1.807) is 0 Å². The highest BCUT2D eigenvalue weighted by atomic mass is 35.5. The first-order valence-corrected chi connectivity index (χ1v) is 6.78. The highest BCUT2D eigenvalue weighted by molar-refractivity contribution is 6.28. The van der Waals surface area contributed by atoms with E-state index in [-0.39, 0.29) is 0 Å². The van der Waals surface area contributed by atoms with Gasteiger partial charge in [0.05, 0.1) is 5.69 Å². The molecule has 0 saturated carbocycles. The van der Waals surface area contributed by atoms with E-state index in [9.17, 15) is 0 Å². The molecule has 3 rings (SSSR count). The van der Waals surface area contributed by atoms with Crippen molar-refractivity contribution in [2.45, 2.75) is 13.8 Å². The van der Waals surface area contributed by atoms with Gasteiger partial charge in [-0.15, -0.1) is 10.2 Å². The number of nitrogens with zero attached hydrogens (tertiary/aromatic N) is 3. The molecule has 0 spiro atoms. The maximum atomic E-state index is 6.21. The molecule has 1 aromatic heterocycles. The van der Waals surface area contributed by atoms with Crippen LogP contribution in [0.2, 0.25) is 5.28 Å². The largest absolute Gasteiger partial charge is 0.266 e. The smallest absolute Gasteiger partial charge is 0.229 e. The van der Waals surface area contributed by atoms with Crippen molar-refractivity contribution in [3.05, 3.63) is 64.9 Å². The summed E-state index contributed by atoms with van der Waals surface area (Å²) in [4.78, 5) is 0. The van der Waals surface area contributed by atoms with E-state index in [0.717, 1.165) is 17.1 Å². The van der Waals surface area contributed by atoms with Gasteiger partial charge in [-0.3, -0.25) is 4.57 Å². The average Bonchev–Trinajstić information content (AvgIpc) is 2.85. The van der Waals surface area contributed by atoms with Crippen molar-refractivity contribution in [1.82, 2.24) is 14.8 Å². The third kappa shape index (κ3) is 2.21. The van der Waals surface area contributed by atoms with Crippen LogP contribution in [0.15, 0.2) is 48.5 Å². The van der Waals surface area contributed by atoms with Gasteiger partial charge in [0.15, 0.2) is 5.82 Å². The monoisotopic (exact) mass is 283 g/mol. The van der Waals surface area contributed by atoms with E-state index < -0.39 is 0 Å². The zero-order valence-corrected chi connectivity index (χ0v) is 12.1. The Morgan fingerprint density at radius 2 is 1.65 bits per heavy atom. The summed E-state index contributed by atoms with van der Waals surface area (Å²) in [5.41, 5.74) is 4.43. The molecule has 0 radical (unpaired) electrons. The molecule has 2 aromatic carbocycles. The Morgan fingerprint density at radius 3 is 2.35 bits per heavy atom. The molecule has 0 saturated heterocycles. The average molecular weight is 284 g/mol. The molecule has 0 atom stereocenters. The van der Waals surface area contributed by atoms with E-state index in [1.807, 2.05) is 41.0 Å². The van der Waals surface area contributed by atoms with E-state index >= 15 is 0 Å². The van der Waals surface area contributed by atoms with Gasteiger partial charge in [-0.05, 0) is 48.7 Å². The second kappa shape index (κ2) is 5.10. The summed E-state index contributed by atoms with van der Waals surface area (Å²) in [6.45, 7) is 4.17. The molecule has 0 bridgehead atoms. The number of aromatic nitrogens is 3. The van der Waals surface area contributed by atoms with Crippen LogP contribution in [0.1, 0.15) is 11.1 Å². The van der Waals surface area contributed by atoms with Gasteiger partial charge in [0.2, 0.25) is 5.28 Å². The lowest BCUT2D eigenvalue weighted by atomic mass is 10.1. The molecule has 0 amide bonds. The van der Waals surface area contributed by atoms with Crippen molar-refractivity contribution < 1.29 is 0 Å². The fourth-order valence-corrected chi connectivity index (χ4v) is 2.35. The van der Waals surface area contributed by atoms with Crippen LogP contribution in [0.3, 0.4) is 0 Å². The molecule has 100 valence electrons. The predicted molar refractivity (Wildman–Crippen MR) is 81.3 cm³/mol. The van der Waals surface area contributed by atoms with E-state index in [0.29, 0.717) is 5.28 Å². The van der Waals surface area contributed by atoms with Gasteiger partial charge >= 0.3 is 0 Å². The van der Waals surface area contributed by atoms with Crippen LogP contribution in [-0.4, -0.2) is 14.8 Å². The molecule has 4 heteroatoms. The van der Waals surface area contributed by atoms with Crippen LogP contribution in [0.5, 0.6) is 0 Å². The van der Waals surface area contributed by atoms with Crippen molar-refractivity contribution in [2.75, 3.05) is 0 Å². The van der Waals surface area contributed by atoms with Gasteiger partial charge in [-0.25, -0.2) is 0 Å². The Morgan fingerprint density at radius 1 is 0.900 bits per heavy atom. The lowest BCUT2D eigenvalue weighted by Crippen LogP contribution is -1.99. The number of benzene rings is 2. The Kier molecular flexibility index (Phi) is 3.28. The third-order valence-electron chi connectivity index (χ3n) is 3.40. The number of hydrogen-bond donors (Lipinski definition) is 0. The first kappa shape index (κ1) is 12.9. The first-order valence-electron chi connectivity index (χ1n) is 6.41. The van der Waals surface area contributed by atoms with Crippen molar-refractivity contribution in [3.63, 3.8) is 0 Å². The molecule has 0 aliphatic rings. The third-order valence-corrected chi connectivity index (χ3v) is 3.65. The van der Waals surface area contributed by atoms with Gasteiger partial charge in [0.25, 0.3) is 0 Å². The van der Waals surface area contributed by atoms with Crippen molar-refractivity contribution in [2.24, 2.45) is 0 Å². The second-order valence-electron chi connectivity index (χ2n) is 4.76. The van der Waals surface area contributed by atoms with Crippen LogP contribution < -0.4 is 0 Å². The Hall–Kier alpha value is -2.13. The fraction of sp³-hybridized carbons (Fsp3) is 0.125. The molecule has 3 aromatic rings. The van der Waals surface area contributed by atoms with Crippen LogP contribution in [-0.2, 0) is 0 Å². The quantitative estimate of drug-likeness (QED) is 0.705. The molecule has 0 N–H and O–H groups in total. The molecule has 0 aliphatic carbocycles. The van der Waals surface area contributed by atoms with Gasteiger partial charge < -0.3 is 0 Å². The number of rotatable bonds is 2. The van der Waals surface area contributed by atoms with Crippen molar-refractivity contribution in [3.8, 4) is 17.1 Å². The van der Waals surface area contributed by atoms with Crippen LogP contribution in [0.4, 0.5) is 0 Å². The highest BCUT2D eigenvalue weighted by Gasteiger charge is 2.14. The number of hydrogen-bond acceptors (Lipinski definition) is 2. The molecule has 0 unspecified atom stereocenters. The Bertz CT molecular complexity index is 748. The summed E-state index contributed by atoms with van der Waals surface area (Å²) < 4.78 is 1.86. The predicted octanol–water partition coefficient (Wildman–Crippen LogP) is 4.20. The molecule has 0 aliphatic heterocycles. The summed E-state index contributed by atoms with van der Waals surface area (Å²) in [7, 11) is 0. The fourth-order valence-electron chi connectivity index (χ4n) is 2.13. The molecule has 1 heterocycles. The molecule has 0 fully saturated rings. The van der Waals surface area contributed by atoms with Crippen molar-refractivity contribution in [1.29, 1.82) is 0 Å². The van der Waals surface area contributed by atoms with Gasteiger partial charge in [-0.2, -0.15) is 0 Å². The summed E-state index contributed by atoms with van der Waals surface area (Å²) in [6.07, 6.45) is 0. The summed E-state index contributed by atoms with van der Waals surface area (Å²) in [6, 6.07) is 16.1. The van der Waals surface area contributed by atoms with Crippen molar-refractivity contribution >= 4 is 11.6 Å². The van der Waals surface area contributed by atoms with Crippen LogP contribution in [0.25, 0.3) is 17.1 Å². The lowest BCUT2D eigenvalue weighted by molar-refractivity contribution is 1.06. The number of aryl methyl sites for hydroxylation is 2.